The van der Waals surface area contributed by atoms with Crippen LogP contribution in [-0.4, -0.2) is 35.5 Å². The first-order chi connectivity index (χ1) is 11.8. The minimum Gasteiger partial charge on any atom is -0.371 e. The van der Waals surface area contributed by atoms with Crippen LogP contribution in [0.15, 0.2) is 49.1 Å². The number of hydrogen-bond donors (Lipinski definition) is 1. The Morgan fingerprint density at radius 1 is 1.04 bits per heavy atom. The Bertz CT molecular complexity index is 624. The number of aryl methyl sites for hydroxylation is 1. The molecule has 1 aliphatic heterocycles. The summed E-state index contributed by atoms with van der Waals surface area (Å²) < 4.78 is 0. The van der Waals surface area contributed by atoms with Crippen LogP contribution >= 0.6 is 0 Å². The zero-order chi connectivity index (χ0) is 16.6. The van der Waals surface area contributed by atoms with E-state index in [0.29, 0.717) is 12.3 Å². The van der Waals surface area contributed by atoms with Gasteiger partial charge in [0.25, 0.3) is 0 Å². The van der Waals surface area contributed by atoms with Crippen molar-refractivity contribution < 1.29 is 4.79 Å². The summed E-state index contributed by atoms with van der Waals surface area (Å²) in [4.78, 5) is 22.4. The predicted molar refractivity (Wildman–Crippen MR) is 94.7 cm³/mol. The van der Waals surface area contributed by atoms with Crippen molar-refractivity contribution in [3.8, 4) is 0 Å². The molecule has 0 unspecified atom stereocenters. The standard InChI is InChI=1S/C19H24N4O/c24-19(2-1-16-3-9-20-10-4-16)22-15-17-7-13-23(14-8-17)18-5-11-21-12-6-18/h3-6,9-12,17H,1-2,7-8,13-15H2,(H,22,24). The van der Waals surface area contributed by atoms with Crippen LogP contribution in [0.25, 0.3) is 0 Å². The molecule has 1 saturated heterocycles. The number of pyridine rings is 2. The van der Waals surface area contributed by atoms with Gasteiger partial charge in [0.2, 0.25) is 5.91 Å². The number of hydrogen-bond acceptors (Lipinski definition) is 4. The molecule has 126 valence electrons. The number of aromatic nitrogens is 2. The number of anilines is 1. The first-order valence-corrected chi connectivity index (χ1v) is 8.62. The third kappa shape index (κ3) is 4.78. The SMILES string of the molecule is O=C(CCc1ccncc1)NCC1CCN(c2ccncc2)CC1. The minimum atomic E-state index is 0.142. The lowest BCUT2D eigenvalue weighted by Crippen LogP contribution is -2.38. The number of nitrogens with zero attached hydrogens (tertiary/aromatic N) is 3. The quantitative estimate of drug-likeness (QED) is 0.887. The fraction of sp³-hybridized carbons (Fsp3) is 0.421. The molecule has 1 fully saturated rings. The Morgan fingerprint density at radius 2 is 1.67 bits per heavy atom. The molecular formula is C19H24N4O. The van der Waals surface area contributed by atoms with Crippen LogP contribution in [0.5, 0.6) is 0 Å². The Kier molecular flexibility index (Phi) is 5.77. The first kappa shape index (κ1) is 16.4. The zero-order valence-electron chi connectivity index (χ0n) is 13.9. The highest BCUT2D eigenvalue weighted by Crippen LogP contribution is 2.22. The number of carbonyl (C=O) groups is 1. The molecule has 0 atom stereocenters. The van der Waals surface area contributed by atoms with Gasteiger partial charge in [0.15, 0.2) is 0 Å². The molecule has 0 saturated carbocycles. The number of carbonyl (C=O) groups excluding carboxylic acids is 1. The second-order valence-electron chi connectivity index (χ2n) is 6.30. The van der Waals surface area contributed by atoms with E-state index in [4.69, 9.17) is 0 Å². The van der Waals surface area contributed by atoms with E-state index in [9.17, 15) is 4.79 Å². The Labute approximate surface area is 143 Å². The summed E-state index contributed by atoms with van der Waals surface area (Å²) in [6.45, 7) is 2.88. The molecule has 2 aromatic heterocycles. The highest BCUT2D eigenvalue weighted by atomic mass is 16.1. The summed E-state index contributed by atoms with van der Waals surface area (Å²) >= 11 is 0. The molecular weight excluding hydrogens is 300 g/mol. The molecule has 0 bridgehead atoms. The molecule has 0 aliphatic carbocycles. The maximum absolute atomic E-state index is 12.0. The molecule has 0 aromatic carbocycles. The second kappa shape index (κ2) is 8.43. The van der Waals surface area contributed by atoms with Gasteiger partial charge in [-0.15, -0.1) is 0 Å². The van der Waals surface area contributed by atoms with Crippen molar-refractivity contribution in [1.29, 1.82) is 0 Å². The van der Waals surface area contributed by atoms with Crippen molar-refractivity contribution in [3.05, 3.63) is 54.6 Å². The maximum Gasteiger partial charge on any atom is 0.220 e. The zero-order valence-corrected chi connectivity index (χ0v) is 13.9. The van der Waals surface area contributed by atoms with E-state index in [1.807, 2.05) is 24.5 Å². The second-order valence-corrected chi connectivity index (χ2v) is 6.30. The summed E-state index contributed by atoms with van der Waals surface area (Å²) in [5.74, 6) is 0.719. The Balaban J connectivity index is 1.35. The third-order valence-electron chi connectivity index (χ3n) is 4.62. The first-order valence-electron chi connectivity index (χ1n) is 8.62. The van der Waals surface area contributed by atoms with Gasteiger partial charge in [-0.2, -0.15) is 0 Å². The third-order valence-corrected chi connectivity index (χ3v) is 4.62. The van der Waals surface area contributed by atoms with E-state index in [-0.39, 0.29) is 5.91 Å². The van der Waals surface area contributed by atoms with Gasteiger partial charge in [0.1, 0.15) is 0 Å². The van der Waals surface area contributed by atoms with Gasteiger partial charge in [0, 0.05) is 56.5 Å². The van der Waals surface area contributed by atoms with Gasteiger partial charge in [-0.05, 0) is 55.0 Å². The largest absolute Gasteiger partial charge is 0.371 e. The van der Waals surface area contributed by atoms with E-state index >= 15 is 0 Å². The van der Waals surface area contributed by atoms with Gasteiger partial charge in [-0.3, -0.25) is 14.8 Å². The predicted octanol–water partition coefficient (Wildman–Crippen LogP) is 2.44. The molecule has 24 heavy (non-hydrogen) atoms. The van der Waals surface area contributed by atoms with E-state index in [1.165, 1.54) is 5.69 Å². The summed E-state index contributed by atoms with van der Waals surface area (Å²) in [7, 11) is 0. The monoisotopic (exact) mass is 324 g/mol. The minimum absolute atomic E-state index is 0.142. The Morgan fingerprint density at radius 3 is 2.33 bits per heavy atom. The fourth-order valence-electron chi connectivity index (χ4n) is 3.10. The van der Waals surface area contributed by atoms with E-state index in [2.05, 4.69) is 32.3 Å². The summed E-state index contributed by atoms with van der Waals surface area (Å²) in [5.41, 5.74) is 2.40. The number of amides is 1. The molecule has 1 N–H and O–H groups in total. The molecule has 0 radical (unpaired) electrons. The topological polar surface area (TPSA) is 58.1 Å². The van der Waals surface area contributed by atoms with Crippen molar-refractivity contribution in [3.63, 3.8) is 0 Å². The van der Waals surface area contributed by atoms with Crippen LogP contribution in [0.1, 0.15) is 24.8 Å². The van der Waals surface area contributed by atoms with Gasteiger partial charge in [-0.1, -0.05) is 0 Å². The van der Waals surface area contributed by atoms with Crippen molar-refractivity contribution >= 4 is 11.6 Å². The lowest BCUT2D eigenvalue weighted by molar-refractivity contribution is -0.121. The van der Waals surface area contributed by atoms with Gasteiger partial charge < -0.3 is 10.2 Å². The van der Waals surface area contributed by atoms with Crippen LogP contribution < -0.4 is 10.2 Å². The fourth-order valence-corrected chi connectivity index (χ4v) is 3.10. The number of piperidine rings is 1. The van der Waals surface area contributed by atoms with Crippen molar-refractivity contribution in [2.75, 3.05) is 24.5 Å². The molecule has 5 nitrogen and oxygen atoms in total. The Hall–Kier alpha value is -2.43. The highest BCUT2D eigenvalue weighted by molar-refractivity contribution is 5.76. The number of nitrogens with one attached hydrogen (secondary N) is 1. The molecule has 1 amide bonds. The van der Waals surface area contributed by atoms with Crippen LogP contribution in [0.3, 0.4) is 0 Å². The average Bonchev–Trinajstić information content (AvgIpc) is 2.67. The lowest BCUT2D eigenvalue weighted by atomic mass is 9.96. The van der Waals surface area contributed by atoms with E-state index < -0.39 is 0 Å². The van der Waals surface area contributed by atoms with Crippen molar-refractivity contribution in [2.24, 2.45) is 5.92 Å². The average molecular weight is 324 g/mol. The molecule has 3 heterocycles. The summed E-state index contributed by atoms with van der Waals surface area (Å²) in [6.07, 6.45) is 10.8. The highest BCUT2D eigenvalue weighted by Gasteiger charge is 2.19. The molecule has 1 aliphatic rings. The number of rotatable bonds is 6. The smallest absolute Gasteiger partial charge is 0.220 e. The van der Waals surface area contributed by atoms with E-state index in [1.54, 1.807) is 12.4 Å². The maximum atomic E-state index is 12.0. The molecule has 3 rings (SSSR count). The van der Waals surface area contributed by atoms with Crippen LogP contribution in [0.4, 0.5) is 5.69 Å². The van der Waals surface area contributed by atoms with Crippen molar-refractivity contribution in [2.45, 2.75) is 25.7 Å². The van der Waals surface area contributed by atoms with Gasteiger partial charge in [-0.25, -0.2) is 0 Å². The van der Waals surface area contributed by atoms with Gasteiger partial charge in [0.05, 0.1) is 0 Å². The van der Waals surface area contributed by atoms with Crippen LogP contribution in [0, 0.1) is 5.92 Å². The van der Waals surface area contributed by atoms with Gasteiger partial charge >= 0.3 is 0 Å². The lowest BCUT2D eigenvalue weighted by Gasteiger charge is -2.33. The van der Waals surface area contributed by atoms with Crippen LogP contribution in [-0.2, 0) is 11.2 Å². The van der Waals surface area contributed by atoms with Crippen LogP contribution in [0.2, 0.25) is 0 Å². The summed E-state index contributed by atoms with van der Waals surface area (Å²) in [6, 6.07) is 8.03. The van der Waals surface area contributed by atoms with Crippen molar-refractivity contribution in [1.82, 2.24) is 15.3 Å². The molecule has 2 aromatic rings. The normalized spacial score (nSPS) is 15.2. The van der Waals surface area contributed by atoms with E-state index in [0.717, 1.165) is 44.5 Å². The molecule has 5 heteroatoms. The molecule has 0 spiro atoms. The summed E-state index contributed by atoms with van der Waals surface area (Å²) in [5, 5.41) is 3.09.